The number of hydrogen-bond donors (Lipinski definition) is 1. The molecule has 0 amide bonds. The molecule has 0 spiro atoms. The average Bonchev–Trinajstić information content (AvgIpc) is 2.30. The Balaban J connectivity index is 2.08. The molecule has 1 aromatic rings. The molecule has 0 aromatic heterocycles. The lowest BCUT2D eigenvalue weighted by Gasteiger charge is -2.29. The molecule has 2 nitrogen and oxygen atoms in total. The van der Waals surface area contributed by atoms with Crippen molar-refractivity contribution >= 4 is 0 Å². The second-order valence-corrected chi connectivity index (χ2v) is 4.48. The summed E-state index contributed by atoms with van der Waals surface area (Å²) < 4.78 is 0. The first-order chi connectivity index (χ1) is 7.29. The minimum absolute atomic E-state index is 0.153. The van der Waals surface area contributed by atoms with E-state index in [1.165, 1.54) is 31.5 Å². The highest BCUT2D eigenvalue weighted by Gasteiger charge is 2.18. The van der Waals surface area contributed by atoms with Crippen molar-refractivity contribution in [3.8, 4) is 0 Å². The Bertz CT molecular complexity index is 316. The van der Waals surface area contributed by atoms with Crippen LogP contribution in [0.3, 0.4) is 0 Å². The predicted octanol–water partition coefficient (Wildman–Crippen LogP) is 1.99. The zero-order valence-electron chi connectivity index (χ0n) is 9.32. The van der Waals surface area contributed by atoms with Crippen LogP contribution in [0.2, 0.25) is 0 Å². The standard InChI is InChI=1S/C13H19NO/c1-14-7-5-12(6-8-14)13-4-2-3-11(9-13)10-15/h2-4,9,12,15H,5-8,10H2,1H3. The molecule has 0 radical (unpaired) electrons. The lowest BCUT2D eigenvalue weighted by Crippen LogP contribution is -2.29. The van der Waals surface area contributed by atoms with Gasteiger partial charge in [0.2, 0.25) is 0 Å². The lowest BCUT2D eigenvalue weighted by molar-refractivity contribution is 0.254. The molecule has 1 heterocycles. The third kappa shape index (κ3) is 2.58. The second-order valence-electron chi connectivity index (χ2n) is 4.48. The summed E-state index contributed by atoms with van der Waals surface area (Å²) >= 11 is 0. The lowest BCUT2D eigenvalue weighted by atomic mass is 9.89. The summed E-state index contributed by atoms with van der Waals surface area (Å²) in [6, 6.07) is 8.38. The first-order valence-electron chi connectivity index (χ1n) is 5.68. The van der Waals surface area contributed by atoms with E-state index in [9.17, 15) is 0 Å². The van der Waals surface area contributed by atoms with Gasteiger partial charge in [-0.15, -0.1) is 0 Å². The summed E-state index contributed by atoms with van der Waals surface area (Å²) in [5.41, 5.74) is 2.43. The molecule has 0 atom stereocenters. The smallest absolute Gasteiger partial charge is 0.0681 e. The quantitative estimate of drug-likeness (QED) is 0.798. The molecule has 1 aliphatic heterocycles. The van der Waals surface area contributed by atoms with Gasteiger partial charge >= 0.3 is 0 Å². The van der Waals surface area contributed by atoms with Gasteiger partial charge in [0, 0.05) is 0 Å². The molecular weight excluding hydrogens is 186 g/mol. The Morgan fingerprint density at radius 3 is 2.73 bits per heavy atom. The number of rotatable bonds is 2. The molecule has 1 aliphatic rings. The van der Waals surface area contributed by atoms with Crippen LogP contribution in [0.5, 0.6) is 0 Å². The van der Waals surface area contributed by atoms with Crippen molar-refractivity contribution in [3.05, 3.63) is 35.4 Å². The van der Waals surface area contributed by atoms with E-state index in [1.807, 2.05) is 6.07 Å². The number of aliphatic hydroxyl groups is 1. The molecule has 2 rings (SSSR count). The van der Waals surface area contributed by atoms with Gasteiger partial charge in [0.15, 0.2) is 0 Å². The van der Waals surface area contributed by atoms with Gasteiger partial charge < -0.3 is 10.0 Å². The van der Waals surface area contributed by atoms with Crippen LogP contribution in [-0.4, -0.2) is 30.1 Å². The van der Waals surface area contributed by atoms with Gasteiger partial charge in [0.05, 0.1) is 6.61 Å². The minimum atomic E-state index is 0.153. The summed E-state index contributed by atoms with van der Waals surface area (Å²) in [4.78, 5) is 2.38. The number of aliphatic hydroxyl groups excluding tert-OH is 1. The molecule has 0 unspecified atom stereocenters. The van der Waals surface area contributed by atoms with Crippen LogP contribution < -0.4 is 0 Å². The number of benzene rings is 1. The number of piperidine rings is 1. The van der Waals surface area contributed by atoms with E-state index >= 15 is 0 Å². The molecule has 15 heavy (non-hydrogen) atoms. The third-order valence-electron chi connectivity index (χ3n) is 3.32. The van der Waals surface area contributed by atoms with Gasteiger partial charge in [-0.3, -0.25) is 0 Å². The first kappa shape index (κ1) is 10.7. The highest BCUT2D eigenvalue weighted by atomic mass is 16.3. The van der Waals surface area contributed by atoms with Crippen LogP contribution in [0.1, 0.15) is 29.9 Å². The van der Waals surface area contributed by atoms with Crippen molar-refractivity contribution in [1.29, 1.82) is 0 Å². The Hall–Kier alpha value is -0.860. The van der Waals surface area contributed by atoms with E-state index in [0.717, 1.165) is 5.56 Å². The van der Waals surface area contributed by atoms with Crippen molar-refractivity contribution in [2.75, 3.05) is 20.1 Å². The monoisotopic (exact) mass is 205 g/mol. The zero-order valence-corrected chi connectivity index (χ0v) is 9.32. The zero-order chi connectivity index (χ0) is 10.7. The van der Waals surface area contributed by atoms with Crippen molar-refractivity contribution in [2.24, 2.45) is 0 Å². The molecule has 1 aromatic carbocycles. The Morgan fingerprint density at radius 1 is 1.33 bits per heavy atom. The fourth-order valence-corrected chi connectivity index (χ4v) is 2.29. The van der Waals surface area contributed by atoms with Gasteiger partial charge in [0.25, 0.3) is 0 Å². The molecule has 1 saturated heterocycles. The predicted molar refractivity (Wildman–Crippen MR) is 61.8 cm³/mol. The summed E-state index contributed by atoms with van der Waals surface area (Å²) in [5, 5.41) is 9.09. The van der Waals surface area contributed by atoms with E-state index in [-0.39, 0.29) is 6.61 Å². The Kier molecular flexibility index (Phi) is 3.39. The maximum Gasteiger partial charge on any atom is 0.0681 e. The van der Waals surface area contributed by atoms with Gasteiger partial charge in [0.1, 0.15) is 0 Å². The number of likely N-dealkylation sites (tertiary alicyclic amines) is 1. The maximum absolute atomic E-state index is 9.09. The van der Waals surface area contributed by atoms with Gasteiger partial charge in [-0.25, -0.2) is 0 Å². The SMILES string of the molecule is CN1CCC(c2cccc(CO)c2)CC1. The average molecular weight is 205 g/mol. The fraction of sp³-hybridized carbons (Fsp3) is 0.538. The molecule has 2 heteroatoms. The molecule has 0 saturated carbocycles. The normalized spacial score (nSPS) is 19.3. The molecule has 0 bridgehead atoms. The van der Waals surface area contributed by atoms with E-state index in [0.29, 0.717) is 5.92 Å². The van der Waals surface area contributed by atoms with E-state index in [1.54, 1.807) is 0 Å². The summed E-state index contributed by atoms with van der Waals surface area (Å²) in [7, 11) is 2.18. The van der Waals surface area contributed by atoms with E-state index in [2.05, 4.69) is 30.1 Å². The van der Waals surface area contributed by atoms with Crippen LogP contribution in [0.15, 0.2) is 24.3 Å². The summed E-state index contributed by atoms with van der Waals surface area (Å²) in [6.45, 7) is 2.53. The molecule has 0 aliphatic carbocycles. The van der Waals surface area contributed by atoms with Crippen molar-refractivity contribution < 1.29 is 5.11 Å². The van der Waals surface area contributed by atoms with E-state index in [4.69, 9.17) is 5.11 Å². The van der Waals surface area contributed by atoms with Crippen LogP contribution in [0.25, 0.3) is 0 Å². The molecular formula is C13H19NO. The topological polar surface area (TPSA) is 23.5 Å². The highest BCUT2D eigenvalue weighted by molar-refractivity contribution is 5.26. The fourth-order valence-electron chi connectivity index (χ4n) is 2.29. The van der Waals surface area contributed by atoms with Crippen LogP contribution in [-0.2, 0) is 6.61 Å². The third-order valence-corrected chi connectivity index (χ3v) is 3.32. The molecule has 1 fully saturated rings. The van der Waals surface area contributed by atoms with Crippen LogP contribution in [0.4, 0.5) is 0 Å². The number of hydrogen-bond acceptors (Lipinski definition) is 2. The van der Waals surface area contributed by atoms with Gasteiger partial charge in [-0.1, -0.05) is 24.3 Å². The summed E-state index contributed by atoms with van der Waals surface area (Å²) in [5.74, 6) is 0.688. The van der Waals surface area contributed by atoms with Crippen LogP contribution in [0, 0.1) is 0 Å². The van der Waals surface area contributed by atoms with Gasteiger partial charge in [-0.05, 0) is 50.0 Å². The van der Waals surface area contributed by atoms with Crippen molar-refractivity contribution in [1.82, 2.24) is 4.90 Å². The number of nitrogens with zero attached hydrogens (tertiary/aromatic N) is 1. The van der Waals surface area contributed by atoms with Crippen LogP contribution >= 0.6 is 0 Å². The largest absolute Gasteiger partial charge is 0.392 e. The summed E-state index contributed by atoms with van der Waals surface area (Å²) in [6.07, 6.45) is 2.48. The van der Waals surface area contributed by atoms with Gasteiger partial charge in [-0.2, -0.15) is 0 Å². The minimum Gasteiger partial charge on any atom is -0.392 e. The Labute approximate surface area is 91.5 Å². The second kappa shape index (κ2) is 4.77. The maximum atomic E-state index is 9.09. The Morgan fingerprint density at radius 2 is 2.07 bits per heavy atom. The van der Waals surface area contributed by atoms with Crippen molar-refractivity contribution in [2.45, 2.75) is 25.4 Å². The highest BCUT2D eigenvalue weighted by Crippen LogP contribution is 2.27. The molecule has 1 N–H and O–H groups in total. The van der Waals surface area contributed by atoms with E-state index < -0.39 is 0 Å². The molecule has 82 valence electrons. The van der Waals surface area contributed by atoms with Crippen molar-refractivity contribution in [3.63, 3.8) is 0 Å². The first-order valence-corrected chi connectivity index (χ1v) is 5.68.